The minimum absolute atomic E-state index is 0.741. The highest BCUT2D eigenvalue weighted by Gasteiger charge is 2.06. The lowest BCUT2D eigenvalue weighted by molar-refractivity contribution is 0.783. The molecular weight excluding hydrogens is 236 g/mol. The second-order valence-corrected chi connectivity index (χ2v) is 4.48. The van der Waals surface area contributed by atoms with Crippen molar-refractivity contribution in [3.05, 3.63) is 59.9 Å². The summed E-state index contributed by atoms with van der Waals surface area (Å²) >= 11 is 0. The number of aromatic nitrogens is 4. The Hall–Kier alpha value is -2.49. The summed E-state index contributed by atoms with van der Waals surface area (Å²) in [6.45, 7) is 3.97. The fraction of sp³-hybridized carbons (Fsp3) is 0.133. The lowest BCUT2D eigenvalue weighted by Crippen LogP contribution is -2.03. The Morgan fingerprint density at radius 2 is 1.68 bits per heavy atom. The highest BCUT2D eigenvalue weighted by Crippen LogP contribution is 2.16. The number of rotatable bonds is 2. The zero-order chi connectivity index (χ0) is 13.2. The number of hydrogen-bond donors (Lipinski definition) is 0. The van der Waals surface area contributed by atoms with E-state index in [4.69, 9.17) is 0 Å². The van der Waals surface area contributed by atoms with Crippen LogP contribution in [0, 0.1) is 13.8 Å². The molecule has 0 aliphatic rings. The third-order valence-corrected chi connectivity index (χ3v) is 2.95. The largest absolute Gasteiger partial charge is 0.218 e. The van der Waals surface area contributed by atoms with Crippen molar-refractivity contribution in [1.82, 2.24) is 20.0 Å². The van der Waals surface area contributed by atoms with Gasteiger partial charge in [0.1, 0.15) is 0 Å². The summed E-state index contributed by atoms with van der Waals surface area (Å²) in [6.07, 6.45) is 0. The molecule has 0 fully saturated rings. The van der Waals surface area contributed by atoms with Crippen LogP contribution < -0.4 is 0 Å². The van der Waals surface area contributed by atoms with Gasteiger partial charge in [-0.1, -0.05) is 30.3 Å². The van der Waals surface area contributed by atoms with E-state index in [0.29, 0.717) is 0 Å². The van der Waals surface area contributed by atoms with E-state index in [1.54, 1.807) is 4.68 Å². The molecule has 0 aliphatic carbocycles. The summed E-state index contributed by atoms with van der Waals surface area (Å²) in [5.74, 6) is 0.741. The fourth-order valence-corrected chi connectivity index (χ4v) is 2.06. The van der Waals surface area contributed by atoms with E-state index in [-0.39, 0.29) is 0 Å². The van der Waals surface area contributed by atoms with Crippen molar-refractivity contribution in [3.8, 4) is 17.1 Å². The summed E-state index contributed by atoms with van der Waals surface area (Å²) in [4.78, 5) is 0. The number of aryl methyl sites for hydroxylation is 2. The van der Waals surface area contributed by atoms with Gasteiger partial charge in [-0.3, -0.25) is 0 Å². The molecule has 0 saturated carbocycles. The van der Waals surface area contributed by atoms with Crippen LogP contribution in [-0.2, 0) is 0 Å². The number of hydrogen-bond acceptors (Lipinski definition) is 3. The Labute approximate surface area is 111 Å². The molecule has 4 nitrogen and oxygen atoms in total. The first-order chi connectivity index (χ1) is 9.24. The van der Waals surface area contributed by atoms with Crippen LogP contribution in [0.4, 0.5) is 0 Å². The summed E-state index contributed by atoms with van der Waals surface area (Å²) < 4.78 is 1.80. The Balaban J connectivity index is 1.98. The van der Waals surface area contributed by atoms with Crippen molar-refractivity contribution < 1.29 is 0 Å². The lowest BCUT2D eigenvalue weighted by Gasteiger charge is -2.04. The molecule has 0 amide bonds. The third-order valence-electron chi connectivity index (χ3n) is 2.95. The second kappa shape index (κ2) is 4.65. The predicted molar refractivity (Wildman–Crippen MR) is 74.1 cm³/mol. The maximum Gasteiger partial charge on any atom is 0.175 e. The molecule has 4 heteroatoms. The minimum Gasteiger partial charge on any atom is -0.218 e. The molecule has 3 aromatic rings. The molecular formula is C15H14N4. The van der Waals surface area contributed by atoms with Gasteiger partial charge in [0.05, 0.1) is 11.4 Å². The molecule has 0 saturated heterocycles. The van der Waals surface area contributed by atoms with Crippen molar-refractivity contribution in [2.45, 2.75) is 13.8 Å². The SMILES string of the molecule is Cc1cc(C)n(-c2ccc(-c3ccccc3)nn2)n1. The molecule has 0 bridgehead atoms. The number of nitrogens with zero attached hydrogens (tertiary/aromatic N) is 4. The lowest BCUT2D eigenvalue weighted by atomic mass is 10.1. The zero-order valence-electron chi connectivity index (χ0n) is 10.9. The van der Waals surface area contributed by atoms with E-state index in [0.717, 1.165) is 28.5 Å². The normalized spacial score (nSPS) is 10.6. The van der Waals surface area contributed by atoms with Crippen LogP contribution in [0.3, 0.4) is 0 Å². The summed E-state index contributed by atoms with van der Waals surface area (Å²) in [5.41, 5.74) is 3.96. The average molecular weight is 250 g/mol. The van der Waals surface area contributed by atoms with Gasteiger partial charge in [0.2, 0.25) is 0 Å². The molecule has 2 heterocycles. The van der Waals surface area contributed by atoms with Crippen LogP contribution in [-0.4, -0.2) is 20.0 Å². The van der Waals surface area contributed by atoms with Gasteiger partial charge in [0.25, 0.3) is 0 Å². The van der Waals surface area contributed by atoms with E-state index in [2.05, 4.69) is 15.3 Å². The van der Waals surface area contributed by atoms with E-state index < -0.39 is 0 Å². The molecule has 19 heavy (non-hydrogen) atoms. The van der Waals surface area contributed by atoms with Crippen molar-refractivity contribution in [1.29, 1.82) is 0 Å². The molecule has 0 N–H and O–H groups in total. The molecule has 0 unspecified atom stereocenters. The van der Waals surface area contributed by atoms with Crippen LogP contribution in [0.1, 0.15) is 11.4 Å². The zero-order valence-corrected chi connectivity index (χ0v) is 10.9. The third kappa shape index (κ3) is 2.25. The van der Waals surface area contributed by atoms with Gasteiger partial charge in [-0.25, -0.2) is 4.68 Å². The average Bonchev–Trinajstić information content (AvgIpc) is 2.79. The van der Waals surface area contributed by atoms with Gasteiger partial charge in [0, 0.05) is 11.3 Å². The van der Waals surface area contributed by atoms with Crippen molar-refractivity contribution in [2.24, 2.45) is 0 Å². The highest BCUT2D eigenvalue weighted by molar-refractivity contribution is 5.58. The van der Waals surface area contributed by atoms with Crippen LogP contribution >= 0.6 is 0 Å². The molecule has 2 aromatic heterocycles. The first-order valence-corrected chi connectivity index (χ1v) is 6.17. The first kappa shape index (κ1) is 11.6. The number of benzene rings is 1. The van der Waals surface area contributed by atoms with Gasteiger partial charge >= 0.3 is 0 Å². The van der Waals surface area contributed by atoms with Crippen molar-refractivity contribution in [3.63, 3.8) is 0 Å². The Morgan fingerprint density at radius 1 is 0.895 bits per heavy atom. The van der Waals surface area contributed by atoms with Gasteiger partial charge < -0.3 is 0 Å². The standard InChI is InChI=1S/C15H14N4/c1-11-10-12(2)19(18-11)15-9-8-14(16-17-15)13-6-4-3-5-7-13/h3-10H,1-2H3. The second-order valence-electron chi connectivity index (χ2n) is 4.48. The van der Waals surface area contributed by atoms with E-state index in [1.807, 2.05) is 62.4 Å². The van der Waals surface area contributed by atoms with Crippen LogP contribution in [0.25, 0.3) is 17.1 Å². The highest BCUT2D eigenvalue weighted by atomic mass is 15.3. The fourth-order valence-electron chi connectivity index (χ4n) is 2.06. The Morgan fingerprint density at radius 3 is 2.26 bits per heavy atom. The van der Waals surface area contributed by atoms with E-state index in [9.17, 15) is 0 Å². The monoisotopic (exact) mass is 250 g/mol. The summed E-state index contributed by atoms with van der Waals surface area (Å²) in [5, 5.41) is 12.9. The van der Waals surface area contributed by atoms with Crippen molar-refractivity contribution >= 4 is 0 Å². The molecule has 3 rings (SSSR count). The van der Waals surface area contributed by atoms with Gasteiger partial charge in [-0.2, -0.15) is 5.10 Å². The molecule has 0 spiro atoms. The summed E-state index contributed by atoms with van der Waals surface area (Å²) in [7, 11) is 0. The smallest absolute Gasteiger partial charge is 0.175 e. The molecule has 0 aliphatic heterocycles. The van der Waals surface area contributed by atoms with Gasteiger partial charge in [-0.05, 0) is 32.0 Å². The quantitative estimate of drug-likeness (QED) is 0.702. The molecule has 0 atom stereocenters. The van der Waals surface area contributed by atoms with Gasteiger partial charge in [0.15, 0.2) is 5.82 Å². The first-order valence-electron chi connectivity index (χ1n) is 6.17. The molecule has 0 radical (unpaired) electrons. The summed E-state index contributed by atoms with van der Waals surface area (Å²) in [6, 6.07) is 15.9. The topological polar surface area (TPSA) is 43.6 Å². The van der Waals surface area contributed by atoms with Gasteiger partial charge in [-0.15, -0.1) is 10.2 Å². The Bertz CT molecular complexity index is 684. The van der Waals surface area contributed by atoms with E-state index >= 15 is 0 Å². The maximum absolute atomic E-state index is 4.40. The van der Waals surface area contributed by atoms with Crippen LogP contribution in [0.2, 0.25) is 0 Å². The molecule has 94 valence electrons. The van der Waals surface area contributed by atoms with E-state index in [1.165, 1.54) is 0 Å². The minimum atomic E-state index is 0.741. The van der Waals surface area contributed by atoms with Crippen LogP contribution in [0.15, 0.2) is 48.5 Å². The Kier molecular flexibility index (Phi) is 2.83. The maximum atomic E-state index is 4.40. The molecule has 1 aromatic carbocycles. The van der Waals surface area contributed by atoms with Crippen LogP contribution in [0.5, 0.6) is 0 Å². The predicted octanol–water partition coefficient (Wildman–Crippen LogP) is 2.95. The van der Waals surface area contributed by atoms with Crippen molar-refractivity contribution in [2.75, 3.05) is 0 Å².